The molecule has 0 aliphatic rings. The van der Waals surface area contributed by atoms with Gasteiger partial charge in [0.1, 0.15) is 6.04 Å². The molecule has 0 spiro atoms. The topological polar surface area (TPSA) is 89.5 Å². The molecule has 0 radical (unpaired) electrons. The first-order chi connectivity index (χ1) is 11.7. The van der Waals surface area contributed by atoms with Crippen LogP contribution in [0.15, 0.2) is 41.3 Å². The summed E-state index contributed by atoms with van der Waals surface area (Å²) in [5, 5.41) is 0.397. The molecule has 2 aromatic rings. The molecule has 9 heteroatoms. The Morgan fingerprint density at radius 3 is 2.40 bits per heavy atom. The van der Waals surface area contributed by atoms with Gasteiger partial charge in [-0.25, -0.2) is 8.42 Å². The molecule has 1 atom stereocenters. The van der Waals surface area contributed by atoms with Gasteiger partial charge in [-0.15, -0.1) is 11.3 Å². The number of hydrogen-bond donors (Lipinski definition) is 1. The monoisotopic (exact) mass is 401 g/mol. The molecule has 0 unspecified atom stereocenters. The molecule has 0 saturated carbocycles. The molecule has 134 valence electrons. The first kappa shape index (κ1) is 19.6. The fraction of sp³-hybridized carbons (Fsp3) is 0.250. The van der Waals surface area contributed by atoms with E-state index in [2.05, 4.69) is 4.72 Å². The van der Waals surface area contributed by atoms with E-state index in [9.17, 15) is 18.0 Å². The number of Topliss-reactive ketones (excluding diaryl/α,β-unsaturated/α-hetero) is 1. The molecular formula is C16H16ClNO5S2. The van der Waals surface area contributed by atoms with Crippen molar-refractivity contribution in [1.29, 1.82) is 0 Å². The lowest BCUT2D eigenvalue weighted by Crippen LogP contribution is -2.40. The van der Waals surface area contributed by atoms with Gasteiger partial charge < -0.3 is 4.74 Å². The highest BCUT2D eigenvalue weighted by molar-refractivity contribution is 7.89. The largest absolute Gasteiger partial charge is 0.456 e. The van der Waals surface area contributed by atoms with Crippen LogP contribution < -0.4 is 4.72 Å². The van der Waals surface area contributed by atoms with Crippen molar-refractivity contribution < 1.29 is 22.7 Å². The SMILES string of the molecule is Cc1ccc(C(=O)COC(=O)[C@H](C)NS(=O)(=O)c2ccc(Cl)cc2)s1. The number of halogens is 1. The Labute approximate surface area is 154 Å². The van der Waals surface area contributed by atoms with E-state index in [0.29, 0.717) is 9.90 Å². The number of esters is 1. The quantitative estimate of drug-likeness (QED) is 0.569. The van der Waals surface area contributed by atoms with Crippen molar-refractivity contribution in [2.75, 3.05) is 6.61 Å². The number of thiophene rings is 1. The molecular weight excluding hydrogens is 386 g/mol. The van der Waals surface area contributed by atoms with Crippen LogP contribution in [-0.4, -0.2) is 32.8 Å². The summed E-state index contributed by atoms with van der Waals surface area (Å²) in [6.45, 7) is 2.77. The molecule has 0 aliphatic carbocycles. The Bertz CT molecular complexity index is 874. The number of ether oxygens (including phenoxy) is 1. The molecule has 1 N–H and O–H groups in total. The first-order valence-corrected chi connectivity index (χ1v) is 9.91. The van der Waals surface area contributed by atoms with E-state index < -0.39 is 28.6 Å². The molecule has 0 aliphatic heterocycles. The molecule has 25 heavy (non-hydrogen) atoms. The van der Waals surface area contributed by atoms with Crippen LogP contribution in [0, 0.1) is 6.92 Å². The van der Waals surface area contributed by atoms with E-state index in [-0.39, 0.29) is 10.7 Å². The van der Waals surface area contributed by atoms with E-state index in [1.54, 1.807) is 12.1 Å². The molecule has 1 aromatic carbocycles. The number of nitrogens with one attached hydrogen (secondary N) is 1. The Morgan fingerprint density at radius 2 is 1.84 bits per heavy atom. The van der Waals surface area contributed by atoms with Crippen molar-refractivity contribution in [3.05, 3.63) is 51.2 Å². The molecule has 2 rings (SSSR count). The molecule has 0 saturated heterocycles. The maximum absolute atomic E-state index is 12.2. The summed E-state index contributed by atoms with van der Waals surface area (Å²) in [6.07, 6.45) is 0. The van der Waals surface area contributed by atoms with Gasteiger partial charge in [0.05, 0.1) is 9.77 Å². The highest BCUT2D eigenvalue weighted by Crippen LogP contribution is 2.16. The number of carbonyl (C=O) groups is 2. The van der Waals surface area contributed by atoms with Gasteiger partial charge in [0.25, 0.3) is 0 Å². The van der Waals surface area contributed by atoms with E-state index in [1.165, 1.54) is 42.5 Å². The summed E-state index contributed by atoms with van der Waals surface area (Å²) in [7, 11) is -3.90. The second-order valence-corrected chi connectivity index (χ2v) is 8.68. The highest BCUT2D eigenvalue weighted by atomic mass is 35.5. The van der Waals surface area contributed by atoms with Crippen LogP contribution in [0.2, 0.25) is 5.02 Å². The van der Waals surface area contributed by atoms with Gasteiger partial charge in [-0.1, -0.05) is 11.6 Å². The molecule has 1 heterocycles. The summed E-state index contributed by atoms with van der Waals surface area (Å²) in [6, 6.07) is 7.82. The second kappa shape index (κ2) is 8.09. The van der Waals surface area contributed by atoms with Gasteiger partial charge in [-0.3, -0.25) is 9.59 Å². The number of ketones is 1. The fourth-order valence-electron chi connectivity index (χ4n) is 1.88. The summed E-state index contributed by atoms with van der Waals surface area (Å²) < 4.78 is 31.5. The number of rotatable bonds is 7. The minimum absolute atomic E-state index is 0.0262. The third kappa shape index (κ3) is 5.37. The van der Waals surface area contributed by atoms with Crippen LogP contribution in [0.1, 0.15) is 21.5 Å². The van der Waals surface area contributed by atoms with Gasteiger partial charge in [0, 0.05) is 9.90 Å². The van der Waals surface area contributed by atoms with E-state index in [4.69, 9.17) is 16.3 Å². The first-order valence-electron chi connectivity index (χ1n) is 7.23. The van der Waals surface area contributed by atoms with Gasteiger partial charge in [0.2, 0.25) is 15.8 Å². The zero-order valence-corrected chi connectivity index (χ0v) is 15.9. The predicted molar refractivity (Wildman–Crippen MR) is 95.6 cm³/mol. The van der Waals surface area contributed by atoms with Gasteiger partial charge in [-0.2, -0.15) is 4.72 Å². The molecule has 6 nitrogen and oxygen atoms in total. The van der Waals surface area contributed by atoms with Crippen molar-refractivity contribution in [2.24, 2.45) is 0 Å². The number of sulfonamides is 1. The molecule has 0 amide bonds. The zero-order valence-electron chi connectivity index (χ0n) is 13.5. The van der Waals surface area contributed by atoms with Crippen LogP contribution >= 0.6 is 22.9 Å². The smallest absolute Gasteiger partial charge is 0.324 e. The fourth-order valence-corrected chi connectivity index (χ4v) is 3.99. The van der Waals surface area contributed by atoms with Crippen LogP contribution in [0.25, 0.3) is 0 Å². The van der Waals surface area contributed by atoms with Crippen LogP contribution in [0.5, 0.6) is 0 Å². The Hall–Kier alpha value is -1.74. The average Bonchev–Trinajstić information content (AvgIpc) is 2.98. The van der Waals surface area contributed by atoms with E-state index in [0.717, 1.165) is 4.88 Å². The van der Waals surface area contributed by atoms with Gasteiger partial charge >= 0.3 is 5.97 Å². The predicted octanol–water partition coefficient (Wildman–Crippen LogP) is 2.80. The number of aryl methyl sites for hydroxylation is 1. The van der Waals surface area contributed by atoms with Crippen molar-refractivity contribution in [3.8, 4) is 0 Å². The maximum atomic E-state index is 12.2. The molecule has 0 bridgehead atoms. The van der Waals surface area contributed by atoms with Crippen molar-refractivity contribution in [1.82, 2.24) is 4.72 Å². The summed E-state index contributed by atoms with van der Waals surface area (Å²) in [5.41, 5.74) is 0. The van der Waals surface area contributed by atoms with Crippen molar-refractivity contribution in [2.45, 2.75) is 24.8 Å². The van der Waals surface area contributed by atoms with Crippen LogP contribution in [0.4, 0.5) is 0 Å². The lowest BCUT2D eigenvalue weighted by Gasteiger charge is -2.13. The highest BCUT2D eigenvalue weighted by Gasteiger charge is 2.24. The standard InChI is InChI=1S/C16H16ClNO5S2/c1-10-3-8-15(24-10)14(19)9-23-16(20)11(2)18-25(21,22)13-6-4-12(17)5-7-13/h3-8,11,18H,9H2,1-2H3/t11-/m0/s1. The average molecular weight is 402 g/mol. The number of hydrogen-bond acceptors (Lipinski definition) is 6. The summed E-state index contributed by atoms with van der Waals surface area (Å²) in [4.78, 5) is 25.3. The normalized spacial score (nSPS) is 12.6. The third-order valence-corrected chi connectivity index (χ3v) is 6.02. The van der Waals surface area contributed by atoms with E-state index in [1.807, 2.05) is 6.92 Å². The zero-order chi connectivity index (χ0) is 18.6. The summed E-state index contributed by atoms with van der Waals surface area (Å²) in [5.74, 6) is -1.17. The Kier molecular flexibility index (Phi) is 6.34. The molecule has 0 fully saturated rings. The van der Waals surface area contributed by atoms with Crippen LogP contribution in [0.3, 0.4) is 0 Å². The van der Waals surface area contributed by atoms with Crippen molar-refractivity contribution >= 4 is 44.7 Å². The summed E-state index contributed by atoms with van der Waals surface area (Å²) >= 11 is 7.02. The third-order valence-electron chi connectivity index (χ3n) is 3.17. The van der Waals surface area contributed by atoms with Crippen LogP contribution in [-0.2, 0) is 19.6 Å². The van der Waals surface area contributed by atoms with E-state index >= 15 is 0 Å². The number of carbonyl (C=O) groups excluding carboxylic acids is 2. The second-order valence-electron chi connectivity index (χ2n) is 5.24. The van der Waals surface area contributed by atoms with Gasteiger partial charge in [0.15, 0.2) is 6.61 Å². The minimum atomic E-state index is -3.90. The lowest BCUT2D eigenvalue weighted by molar-refractivity contribution is -0.144. The Morgan fingerprint density at radius 1 is 1.20 bits per heavy atom. The van der Waals surface area contributed by atoms with Gasteiger partial charge in [-0.05, 0) is 50.2 Å². The lowest BCUT2D eigenvalue weighted by atomic mass is 10.3. The van der Waals surface area contributed by atoms with Crippen molar-refractivity contribution in [3.63, 3.8) is 0 Å². The minimum Gasteiger partial charge on any atom is -0.456 e. The number of benzene rings is 1. The Balaban J connectivity index is 1.93. The molecule has 1 aromatic heterocycles. The maximum Gasteiger partial charge on any atom is 0.324 e.